The highest BCUT2D eigenvalue weighted by atomic mass is 19.4. The zero-order valence-electron chi connectivity index (χ0n) is 9.49. The normalized spacial score (nSPS) is 18.7. The molecule has 1 aliphatic rings. The molecule has 0 aliphatic carbocycles. The largest absolute Gasteiger partial charge is 0.463 e. The topological polar surface area (TPSA) is 78.9 Å². The number of hydrogen-bond donors (Lipinski definition) is 0. The van der Waals surface area contributed by atoms with Crippen LogP contribution in [0.25, 0.3) is 0 Å². The molecule has 1 rings (SSSR count). The first-order chi connectivity index (χ1) is 8.71. The van der Waals surface area contributed by atoms with Crippen molar-refractivity contribution in [1.82, 2.24) is 0 Å². The highest BCUT2D eigenvalue weighted by Crippen LogP contribution is 2.24. The minimum atomic E-state index is -4.93. The van der Waals surface area contributed by atoms with Crippen molar-refractivity contribution < 1.29 is 41.8 Å². The summed E-state index contributed by atoms with van der Waals surface area (Å²) in [6.07, 6.45) is -5.90. The number of ether oxygens (including phenoxy) is 3. The average molecular weight is 282 g/mol. The van der Waals surface area contributed by atoms with Gasteiger partial charge in [-0.05, 0) is 0 Å². The van der Waals surface area contributed by atoms with E-state index in [0.29, 0.717) is 0 Å². The molecule has 0 aromatic rings. The summed E-state index contributed by atoms with van der Waals surface area (Å²) < 4.78 is 49.2. The summed E-state index contributed by atoms with van der Waals surface area (Å²) in [7, 11) is 0. The van der Waals surface area contributed by atoms with Crippen LogP contribution >= 0.6 is 0 Å². The van der Waals surface area contributed by atoms with Crippen molar-refractivity contribution in [3.63, 3.8) is 0 Å². The van der Waals surface area contributed by atoms with Gasteiger partial charge in [0.05, 0.1) is 6.61 Å². The van der Waals surface area contributed by atoms with Crippen molar-refractivity contribution in [2.75, 3.05) is 13.2 Å². The van der Waals surface area contributed by atoms with Gasteiger partial charge in [0.1, 0.15) is 5.57 Å². The molecule has 0 saturated carbocycles. The number of carbonyl (C=O) groups excluding carboxylic acids is 3. The molecule has 1 aliphatic heterocycles. The minimum absolute atomic E-state index is 0.0848. The van der Waals surface area contributed by atoms with Gasteiger partial charge in [0.25, 0.3) is 0 Å². The van der Waals surface area contributed by atoms with Gasteiger partial charge in [-0.15, -0.1) is 0 Å². The third-order valence-corrected chi connectivity index (χ3v) is 2.07. The number of rotatable bonds is 4. The van der Waals surface area contributed by atoms with Crippen molar-refractivity contribution in [2.24, 2.45) is 0 Å². The Labute approximate surface area is 105 Å². The van der Waals surface area contributed by atoms with Gasteiger partial charge in [0.2, 0.25) is 6.10 Å². The minimum Gasteiger partial charge on any atom is -0.463 e. The Balaban J connectivity index is 2.36. The van der Waals surface area contributed by atoms with E-state index in [4.69, 9.17) is 0 Å². The molecular formula is C10H9F3O6. The fourth-order valence-electron chi connectivity index (χ4n) is 1.10. The first kappa shape index (κ1) is 15.0. The number of carbonyl (C=O) groups is 3. The van der Waals surface area contributed by atoms with Crippen molar-refractivity contribution in [3.05, 3.63) is 12.2 Å². The highest BCUT2D eigenvalue weighted by molar-refractivity contribution is 5.90. The van der Waals surface area contributed by atoms with Crippen molar-refractivity contribution in [1.29, 1.82) is 0 Å². The number of hydrogen-bond acceptors (Lipinski definition) is 6. The first-order valence-corrected chi connectivity index (χ1v) is 5.01. The van der Waals surface area contributed by atoms with E-state index in [1.807, 2.05) is 0 Å². The molecule has 106 valence electrons. The summed E-state index contributed by atoms with van der Waals surface area (Å²) >= 11 is 0. The van der Waals surface area contributed by atoms with E-state index in [1.165, 1.54) is 0 Å². The number of esters is 3. The van der Waals surface area contributed by atoms with Gasteiger partial charge < -0.3 is 14.2 Å². The van der Waals surface area contributed by atoms with Crippen LogP contribution < -0.4 is 0 Å². The Morgan fingerprint density at radius 3 is 2.53 bits per heavy atom. The van der Waals surface area contributed by atoms with Crippen LogP contribution in [0.2, 0.25) is 0 Å². The maximum absolute atomic E-state index is 12.0. The van der Waals surface area contributed by atoms with Gasteiger partial charge >= 0.3 is 24.1 Å². The summed E-state index contributed by atoms with van der Waals surface area (Å²) in [5, 5.41) is 0. The molecule has 0 N–H and O–H groups in total. The van der Waals surface area contributed by atoms with E-state index in [1.54, 1.807) is 0 Å². The smallest absolute Gasteiger partial charge is 0.422 e. The monoisotopic (exact) mass is 282 g/mol. The lowest BCUT2D eigenvalue weighted by Crippen LogP contribution is -2.28. The average Bonchev–Trinajstić information content (AvgIpc) is 2.70. The van der Waals surface area contributed by atoms with Crippen LogP contribution in [0.4, 0.5) is 13.2 Å². The van der Waals surface area contributed by atoms with Crippen molar-refractivity contribution >= 4 is 17.9 Å². The lowest BCUT2D eigenvalue weighted by atomic mass is 10.3. The quantitative estimate of drug-likeness (QED) is 0.424. The van der Waals surface area contributed by atoms with Gasteiger partial charge in [-0.3, -0.25) is 0 Å². The standard InChI is InChI=1S/C10H9F3O6/c1-5(10(11,12)13)8(15)18-4-7(14)19-6-2-3-17-9(6)16/h6H,1-4H2. The van der Waals surface area contributed by atoms with Crippen LogP contribution in [0.15, 0.2) is 12.2 Å². The predicted molar refractivity (Wildman–Crippen MR) is 51.6 cm³/mol. The summed E-state index contributed by atoms with van der Waals surface area (Å²) in [5.41, 5.74) is -1.74. The van der Waals surface area contributed by atoms with Crippen LogP contribution in [0.3, 0.4) is 0 Å². The highest BCUT2D eigenvalue weighted by Gasteiger charge is 2.38. The molecule has 0 amide bonds. The van der Waals surface area contributed by atoms with Crippen LogP contribution in [0.5, 0.6) is 0 Å². The Morgan fingerprint density at radius 1 is 1.42 bits per heavy atom. The van der Waals surface area contributed by atoms with E-state index in [9.17, 15) is 27.6 Å². The Kier molecular flexibility index (Phi) is 4.52. The van der Waals surface area contributed by atoms with Crippen LogP contribution in [0.1, 0.15) is 6.42 Å². The molecule has 9 heteroatoms. The zero-order valence-corrected chi connectivity index (χ0v) is 9.49. The van der Waals surface area contributed by atoms with Gasteiger partial charge in [-0.25, -0.2) is 14.4 Å². The van der Waals surface area contributed by atoms with E-state index in [-0.39, 0.29) is 13.0 Å². The second-order valence-corrected chi connectivity index (χ2v) is 3.49. The lowest BCUT2D eigenvalue weighted by Gasteiger charge is -2.11. The van der Waals surface area contributed by atoms with E-state index < -0.39 is 42.4 Å². The van der Waals surface area contributed by atoms with Crippen LogP contribution in [-0.4, -0.2) is 43.4 Å². The molecule has 0 aromatic carbocycles. The molecule has 19 heavy (non-hydrogen) atoms. The van der Waals surface area contributed by atoms with E-state index >= 15 is 0 Å². The van der Waals surface area contributed by atoms with Gasteiger partial charge in [-0.1, -0.05) is 6.58 Å². The molecule has 6 nitrogen and oxygen atoms in total. The summed E-state index contributed by atoms with van der Waals surface area (Å²) in [6, 6.07) is 0. The van der Waals surface area contributed by atoms with E-state index in [0.717, 1.165) is 0 Å². The maximum Gasteiger partial charge on any atom is 0.422 e. The predicted octanol–water partition coefficient (Wildman–Crippen LogP) is 0.507. The first-order valence-electron chi connectivity index (χ1n) is 5.01. The van der Waals surface area contributed by atoms with E-state index in [2.05, 4.69) is 20.8 Å². The van der Waals surface area contributed by atoms with Crippen molar-refractivity contribution in [3.8, 4) is 0 Å². The zero-order chi connectivity index (χ0) is 14.6. The molecule has 1 unspecified atom stereocenters. The second kappa shape index (κ2) is 5.72. The summed E-state index contributed by atoms with van der Waals surface area (Å²) in [4.78, 5) is 32.9. The van der Waals surface area contributed by atoms with Gasteiger partial charge in [0, 0.05) is 6.42 Å². The molecule has 1 atom stereocenters. The molecule has 0 radical (unpaired) electrons. The maximum atomic E-state index is 12.0. The summed E-state index contributed by atoms with van der Waals surface area (Å²) in [6.45, 7) is 1.53. The van der Waals surface area contributed by atoms with Crippen LogP contribution in [0, 0.1) is 0 Å². The molecule has 0 spiro atoms. The molecule has 0 aromatic heterocycles. The number of alkyl halides is 3. The molecule has 1 heterocycles. The fraction of sp³-hybridized carbons (Fsp3) is 0.500. The molecule has 1 fully saturated rings. The summed E-state index contributed by atoms with van der Waals surface area (Å²) in [5.74, 6) is -3.68. The van der Waals surface area contributed by atoms with Gasteiger partial charge in [0.15, 0.2) is 6.61 Å². The molecular weight excluding hydrogens is 273 g/mol. The Bertz CT molecular complexity index is 414. The van der Waals surface area contributed by atoms with Crippen LogP contribution in [-0.2, 0) is 28.6 Å². The fourth-order valence-corrected chi connectivity index (χ4v) is 1.10. The third kappa shape index (κ3) is 4.27. The SMILES string of the molecule is C=C(C(=O)OCC(=O)OC1CCOC1=O)C(F)(F)F. The Hall–Kier alpha value is -2.06. The molecule has 0 bridgehead atoms. The van der Waals surface area contributed by atoms with Gasteiger partial charge in [-0.2, -0.15) is 13.2 Å². The second-order valence-electron chi connectivity index (χ2n) is 3.49. The Morgan fingerprint density at radius 2 is 2.05 bits per heavy atom. The number of halogens is 3. The number of cyclic esters (lactones) is 1. The molecule has 1 saturated heterocycles. The lowest BCUT2D eigenvalue weighted by molar-refractivity contribution is -0.168. The third-order valence-electron chi connectivity index (χ3n) is 2.07. The van der Waals surface area contributed by atoms with Crippen molar-refractivity contribution in [2.45, 2.75) is 18.7 Å².